The van der Waals surface area contributed by atoms with E-state index in [1.165, 1.54) is 0 Å². The van der Waals surface area contributed by atoms with Crippen molar-refractivity contribution in [2.75, 3.05) is 11.9 Å². The van der Waals surface area contributed by atoms with Crippen LogP contribution in [0.2, 0.25) is 0 Å². The molecule has 1 amide bonds. The molecule has 0 saturated carbocycles. The number of nitrogens with one attached hydrogen (secondary N) is 1. The topological polar surface area (TPSA) is 90.4 Å². The molecule has 7 nitrogen and oxygen atoms in total. The van der Waals surface area contributed by atoms with Gasteiger partial charge in [-0.25, -0.2) is 0 Å². The molecule has 0 fully saturated rings. The first-order chi connectivity index (χ1) is 11.1. The minimum Gasteiger partial charge on any atom is -0.484 e. The number of halogens is 1. The van der Waals surface area contributed by atoms with Crippen LogP contribution in [0.15, 0.2) is 49.9 Å². The predicted molar refractivity (Wildman–Crippen MR) is 85.0 cm³/mol. The van der Waals surface area contributed by atoms with E-state index < -0.39 is 5.91 Å². The second kappa shape index (κ2) is 6.66. The van der Waals surface area contributed by atoms with Crippen LogP contribution >= 0.6 is 15.9 Å². The monoisotopic (exact) mass is 377 g/mol. The number of aromatic nitrogens is 2. The van der Waals surface area contributed by atoms with Gasteiger partial charge in [0.25, 0.3) is 11.8 Å². The highest BCUT2D eigenvalue weighted by molar-refractivity contribution is 9.10. The minimum atomic E-state index is -0.401. The normalized spacial score (nSPS) is 10.5. The molecule has 0 saturated heterocycles. The maximum atomic E-state index is 11.8. The van der Waals surface area contributed by atoms with Crippen molar-refractivity contribution in [3.8, 4) is 17.4 Å². The zero-order valence-electron chi connectivity index (χ0n) is 12.1. The summed E-state index contributed by atoms with van der Waals surface area (Å²) in [7, 11) is 0. The second-order valence-electron chi connectivity index (χ2n) is 4.67. The van der Waals surface area contributed by atoms with E-state index in [0.717, 1.165) is 5.56 Å². The highest BCUT2D eigenvalue weighted by atomic mass is 79.9. The zero-order valence-corrected chi connectivity index (χ0v) is 13.7. The molecule has 8 heteroatoms. The first kappa shape index (κ1) is 15.3. The maximum absolute atomic E-state index is 11.8. The van der Waals surface area contributed by atoms with Crippen LogP contribution in [0.1, 0.15) is 5.56 Å². The largest absolute Gasteiger partial charge is 0.484 e. The van der Waals surface area contributed by atoms with Crippen molar-refractivity contribution in [1.29, 1.82) is 0 Å². The zero-order chi connectivity index (χ0) is 16.2. The number of nitrogens with zero attached hydrogens (tertiary/aromatic N) is 2. The van der Waals surface area contributed by atoms with Gasteiger partial charge in [-0.15, -0.1) is 5.10 Å². The smallest absolute Gasteiger partial charge is 0.322 e. The summed E-state index contributed by atoms with van der Waals surface area (Å²) in [5, 5.41) is 9.99. The van der Waals surface area contributed by atoms with E-state index in [1.807, 2.05) is 25.1 Å². The summed E-state index contributed by atoms with van der Waals surface area (Å²) in [4.78, 5) is 11.8. The number of amides is 1. The molecule has 0 aliphatic rings. The molecule has 0 unspecified atom stereocenters. The second-order valence-corrected chi connectivity index (χ2v) is 5.45. The average Bonchev–Trinajstić information content (AvgIpc) is 3.14. The van der Waals surface area contributed by atoms with Gasteiger partial charge in [0.15, 0.2) is 17.0 Å². The number of benzene rings is 1. The summed E-state index contributed by atoms with van der Waals surface area (Å²) in [5.41, 5.74) is 1.05. The number of hydrogen-bond donors (Lipinski definition) is 1. The standard InChI is InChI=1S/C15H12BrN3O4/c1-9-3-2-4-10(7-9)21-8-13(20)17-15-19-18-14(23-15)11-5-6-12(16)22-11/h2-7H,8H2,1H3,(H,17,19,20). The van der Waals surface area contributed by atoms with E-state index >= 15 is 0 Å². The minimum absolute atomic E-state index is 0.0228. The van der Waals surface area contributed by atoms with Crippen molar-refractivity contribution in [2.45, 2.75) is 6.92 Å². The van der Waals surface area contributed by atoms with Crippen LogP contribution in [-0.4, -0.2) is 22.7 Å². The molecule has 0 radical (unpaired) electrons. The summed E-state index contributed by atoms with van der Waals surface area (Å²) < 4.78 is 16.5. The number of aryl methyl sites for hydroxylation is 1. The van der Waals surface area contributed by atoms with E-state index in [1.54, 1.807) is 18.2 Å². The average molecular weight is 378 g/mol. The summed E-state index contributed by atoms with van der Waals surface area (Å²) in [6, 6.07) is 10.8. The van der Waals surface area contributed by atoms with Crippen LogP contribution < -0.4 is 10.1 Å². The van der Waals surface area contributed by atoms with Crippen molar-refractivity contribution in [1.82, 2.24) is 10.2 Å². The molecule has 0 atom stereocenters. The lowest BCUT2D eigenvalue weighted by atomic mass is 10.2. The molecular weight excluding hydrogens is 366 g/mol. The Kier molecular flexibility index (Phi) is 4.42. The Morgan fingerprint density at radius 1 is 1.26 bits per heavy atom. The molecule has 0 spiro atoms. The van der Waals surface area contributed by atoms with Crippen LogP contribution in [-0.2, 0) is 4.79 Å². The number of ether oxygens (including phenoxy) is 1. The third kappa shape index (κ3) is 3.98. The van der Waals surface area contributed by atoms with E-state index in [4.69, 9.17) is 13.6 Å². The molecule has 0 aliphatic heterocycles. The lowest BCUT2D eigenvalue weighted by molar-refractivity contribution is -0.118. The molecule has 3 rings (SSSR count). The molecule has 0 bridgehead atoms. The number of carbonyl (C=O) groups excluding carboxylic acids is 1. The maximum Gasteiger partial charge on any atom is 0.322 e. The molecule has 3 aromatic rings. The first-order valence-corrected chi connectivity index (χ1v) is 7.48. The Morgan fingerprint density at radius 3 is 2.87 bits per heavy atom. The van der Waals surface area contributed by atoms with Gasteiger partial charge < -0.3 is 13.6 Å². The van der Waals surface area contributed by atoms with Gasteiger partial charge >= 0.3 is 6.01 Å². The number of anilines is 1. The van der Waals surface area contributed by atoms with Gasteiger partial charge in [-0.2, -0.15) is 0 Å². The van der Waals surface area contributed by atoms with Gasteiger partial charge in [0.1, 0.15) is 5.75 Å². The number of carbonyl (C=O) groups is 1. The number of rotatable bonds is 5. The Hall–Kier alpha value is -2.61. The van der Waals surface area contributed by atoms with Crippen LogP contribution in [0.5, 0.6) is 5.75 Å². The molecule has 0 aliphatic carbocycles. The van der Waals surface area contributed by atoms with E-state index in [9.17, 15) is 4.79 Å². The summed E-state index contributed by atoms with van der Waals surface area (Å²) in [5.74, 6) is 0.792. The Labute approximate surface area is 139 Å². The number of hydrogen-bond acceptors (Lipinski definition) is 6. The lowest BCUT2D eigenvalue weighted by Crippen LogP contribution is -2.20. The summed E-state index contributed by atoms with van der Waals surface area (Å²) in [6.45, 7) is 1.79. The third-order valence-corrected chi connectivity index (χ3v) is 3.24. The Bertz CT molecular complexity index is 828. The van der Waals surface area contributed by atoms with Crippen molar-refractivity contribution in [3.63, 3.8) is 0 Å². The van der Waals surface area contributed by atoms with Crippen molar-refractivity contribution in [2.24, 2.45) is 0 Å². The SMILES string of the molecule is Cc1cccc(OCC(=O)Nc2nnc(-c3ccc(Br)o3)o2)c1. The molecule has 2 heterocycles. The molecule has 118 valence electrons. The van der Waals surface area contributed by atoms with E-state index in [2.05, 4.69) is 31.4 Å². The van der Waals surface area contributed by atoms with E-state index in [0.29, 0.717) is 16.2 Å². The fraction of sp³-hybridized carbons (Fsp3) is 0.133. The van der Waals surface area contributed by atoms with Gasteiger partial charge in [-0.3, -0.25) is 10.1 Å². The van der Waals surface area contributed by atoms with Crippen LogP contribution in [0, 0.1) is 6.92 Å². The van der Waals surface area contributed by atoms with Gasteiger partial charge in [0.05, 0.1) is 0 Å². The van der Waals surface area contributed by atoms with Crippen molar-refractivity contribution in [3.05, 3.63) is 46.6 Å². The highest BCUT2D eigenvalue weighted by Crippen LogP contribution is 2.24. The fourth-order valence-corrected chi connectivity index (χ4v) is 2.12. The van der Waals surface area contributed by atoms with Crippen LogP contribution in [0.25, 0.3) is 11.7 Å². The number of furan rings is 1. The Morgan fingerprint density at radius 2 is 2.13 bits per heavy atom. The fourth-order valence-electron chi connectivity index (χ4n) is 1.81. The van der Waals surface area contributed by atoms with Gasteiger partial charge in [0.2, 0.25) is 0 Å². The van der Waals surface area contributed by atoms with Crippen LogP contribution in [0.4, 0.5) is 6.01 Å². The molecule has 23 heavy (non-hydrogen) atoms. The van der Waals surface area contributed by atoms with E-state index in [-0.39, 0.29) is 18.5 Å². The summed E-state index contributed by atoms with van der Waals surface area (Å²) >= 11 is 3.18. The highest BCUT2D eigenvalue weighted by Gasteiger charge is 2.14. The van der Waals surface area contributed by atoms with Crippen LogP contribution in [0.3, 0.4) is 0 Å². The van der Waals surface area contributed by atoms with Crippen molar-refractivity contribution >= 4 is 27.9 Å². The van der Waals surface area contributed by atoms with Gasteiger partial charge in [-0.05, 0) is 52.7 Å². The predicted octanol–water partition coefficient (Wildman–Crippen LogP) is 3.42. The molecule has 2 aromatic heterocycles. The quantitative estimate of drug-likeness (QED) is 0.732. The van der Waals surface area contributed by atoms with Crippen molar-refractivity contribution < 1.29 is 18.4 Å². The van der Waals surface area contributed by atoms with Gasteiger partial charge in [0, 0.05) is 0 Å². The summed E-state index contributed by atoms with van der Waals surface area (Å²) in [6.07, 6.45) is 0. The molecule has 1 N–H and O–H groups in total. The first-order valence-electron chi connectivity index (χ1n) is 6.69. The lowest BCUT2D eigenvalue weighted by Gasteiger charge is -2.05. The molecule has 1 aromatic carbocycles. The third-order valence-electron chi connectivity index (χ3n) is 2.81. The Balaban J connectivity index is 1.57. The van der Waals surface area contributed by atoms with Gasteiger partial charge in [-0.1, -0.05) is 17.2 Å². The molecular formula is C15H12BrN3O4.